The fourth-order valence-corrected chi connectivity index (χ4v) is 3.12. The largest absolute Gasteiger partial charge is 0.481 e. The Labute approximate surface area is 152 Å². The fraction of sp³-hybridized carbons (Fsp3) is 0.158. The van der Waals surface area contributed by atoms with Gasteiger partial charge in [0.2, 0.25) is 0 Å². The molecule has 0 saturated carbocycles. The van der Waals surface area contributed by atoms with E-state index in [0.717, 1.165) is 10.1 Å². The lowest BCUT2D eigenvalue weighted by molar-refractivity contribution is -0.136. The molecular formula is C19H14ClF2NO3. The summed E-state index contributed by atoms with van der Waals surface area (Å²) in [5.74, 6) is -1.91. The molecular weight excluding hydrogens is 364 g/mol. The van der Waals surface area contributed by atoms with Gasteiger partial charge in [0.1, 0.15) is 0 Å². The van der Waals surface area contributed by atoms with Gasteiger partial charge < -0.3 is 5.11 Å². The zero-order valence-electron chi connectivity index (χ0n) is 13.7. The predicted octanol–water partition coefficient (Wildman–Crippen LogP) is 4.86. The van der Waals surface area contributed by atoms with Crippen molar-refractivity contribution in [3.05, 3.63) is 69.9 Å². The molecule has 0 bridgehead atoms. The van der Waals surface area contributed by atoms with Crippen LogP contribution < -0.4 is 0 Å². The number of carbonyl (C=O) groups is 2. The number of hydrogen-bond donors (Lipinski definition) is 1. The van der Waals surface area contributed by atoms with Crippen molar-refractivity contribution in [1.82, 2.24) is 4.57 Å². The van der Waals surface area contributed by atoms with E-state index < -0.39 is 30.4 Å². The van der Waals surface area contributed by atoms with Gasteiger partial charge in [0.15, 0.2) is 0 Å². The first kappa shape index (κ1) is 18.1. The van der Waals surface area contributed by atoms with Crippen molar-refractivity contribution >= 4 is 34.4 Å². The molecule has 3 rings (SSSR count). The minimum Gasteiger partial charge on any atom is -0.481 e. The van der Waals surface area contributed by atoms with E-state index in [1.165, 1.54) is 24.3 Å². The first-order valence-corrected chi connectivity index (χ1v) is 8.11. The molecule has 4 nitrogen and oxygen atoms in total. The van der Waals surface area contributed by atoms with E-state index in [4.69, 9.17) is 16.7 Å². The van der Waals surface area contributed by atoms with Crippen molar-refractivity contribution in [1.29, 1.82) is 0 Å². The van der Waals surface area contributed by atoms with Crippen molar-refractivity contribution in [2.24, 2.45) is 0 Å². The Morgan fingerprint density at radius 2 is 1.81 bits per heavy atom. The molecule has 1 N–H and O–H groups in total. The number of halogens is 3. The number of aryl methyl sites for hydroxylation is 1. The van der Waals surface area contributed by atoms with E-state index >= 15 is 0 Å². The average Bonchev–Trinajstić information content (AvgIpc) is 2.88. The Bertz CT molecular complexity index is 1010. The van der Waals surface area contributed by atoms with Crippen LogP contribution in [0.2, 0.25) is 5.02 Å². The molecule has 26 heavy (non-hydrogen) atoms. The molecule has 0 aliphatic rings. The number of hydrogen-bond acceptors (Lipinski definition) is 2. The normalized spacial score (nSPS) is 11.3. The van der Waals surface area contributed by atoms with Crippen molar-refractivity contribution in [2.45, 2.75) is 19.8 Å². The lowest BCUT2D eigenvalue weighted by Crippen LogP contribution is -2.16. The van der Waals surface area contributed by atoms with Gasteiger partial charge in [-0.1, -0.05) is 23.2 Å². The Morgan fingerprint density at radius 3 is 2.38 bits per heavy atom. The molecule has 0 saturated heterocycles. The third-order valence-electron chi connectivity index (χ3n) is 4.10. The van der Waals surface area contributed by atoms with Crippen LogP contribution in [0, 0.1) is 6.92 Å². The SMILES string of the molecule is Cc1ccc2c(c1)c(CC(=O)O)c(C(F)F)n2C(=O)c1ccc(Cl)cc1. The van der Waals surface area contributed by atoms with Crippen LogP contribution in [0.4, 0.5) is 8.78 Å². The van der Waals surface area contributed by atoms with Gasteiger partial charge in [0.25, 0.3) is 12.3 Å². The molecule has 1 aromatic heterocycles. The third kappa shape index (κ3) is 3.20. The van der Waals surface area contributed by atoms with Gasteiger partial charge in [0.05, 0.1) is 17.6 Å². The highest BCUT2D eigenvalue weighted by Gasteiger charge is 2.28. The summed E-state index contributed by atoms with van der Waals surface area (Å²) < 4.78 is 28.6. The van der Waals surface area contributed by atoms with Crippen LogP contribution in [-0.2, 0) is 11.2 Å². The standard InChI is InChI=1S/C19H14ClF2NO3/c1-10-2-7-15-13(8-10)14(9-16(24)25)17(18(21)22)23(15)19(26)11-3-5-12(20)6-4-11/h2-8,18H,9H2,1H3,(H,24,25). The summed E-state index contributed by atoms with van der Waals surface area (Å²) in [6.45, 7) is 1.77. The number of aliphatic carboxylic acids is 1. The van der Waals surface area contributed by atoms with Crippen LogP contribution in [0.3, 0.4) is 0 Å². The molecule has 0 spiro atoms. The van der Waals surface area contributed by atoms with E-state index in [1.807, 2.05) is 0 Å². The molecule has 0 amide bonds. The summed E-state index contributed by atoms with van der Waals surface area (Å²) in [5, 5.41) is 9.89. The summed E-state index contributed by atoms with van der Waals surface area (Å²) >= 11 is 5.81. The highest BCUT2D eigenvalue weighted by molar-refractivity contribution is 6.30. The second-order valence-corrected chi connectivity index (χ2v) is 6.34. The molecule has 0 unspecified atom stereocenters. The van der Waals surface area contributed by atoms with Crippen molar-refractivity contribution in [3.63, 3.8) is 0 Å². The topological polar surface area (TPSA) is 59.3 Å². The summed E-state index contributed by atoms with van der Waals surface area (Å²) in [5.41, 5.74) is 0.570. The maximum atomic E-state index is 13.8. The number of benzene rings is 2. The van der Waals surface area contributed by atoms with E-state index in [0.29, 0.717) is 10.4 Å². The predicted molar refractivity (Wildman–Crippen MR) is 94.2 cm³/mol. The van der Waals surface area contributed by atoms with Crippen LogP contribution in [0.15, 0.2) is 42.5 Å². The first-order valence-electron chi connectivity index (χ1n) is 7.73. The van der Waals surface area contributed by atoms with E-state index in [2.05, 4.69) is 0 Å². The number of rotatable bonds is 4. The van der Waals surface area contributed by atoms with E-state index in [9.17, 15) is 18.4 Å². The van der Waals surface area contributed by atoms with Crippen LogP contribution in [0.5, 0.6) is 0 Å². The second-order valence-electron chi connectivity index (χ2n) is 5.90. The summed E-state index contributed by atoms with van der Waals surface area (Å²) in [6, 6.07) is 10.7. The van der Waals surface area contributed by atoms with Crippen LogP contribution in [0.25, 0.3) is 10.9 Å². The van der Waals surface area contributed by atoms with E-state index in [-0.39, 0.29) is 16.6 Å². The van der Waals surface area contributed by atoms with E-state index in [1.54, 1.807) is 25.1 Å². The summed E-state index contributed by atoms with van der Waals surface area (Å²) in [4.78, 5) is 24.1. The number of aromatic nitrogens is 1. The van der Waals surface area contributed by atoms with Gasteiger partial charge >= 0.3 is 5.97 Å². The van der Waals surface area contributed by atoms with Gasteiger partial charge in [-0.15, -0.1) is 0 Å². The van der Waals surface area contributed by atoms with Crippen LogP contribution >= 0.6 is 11.6 Å². The smallest absolute Gasteiger partial charge is 0.307 e. The minimum atomic E-state index is -3.01. The number of nitrogens with zero attached hydrogens (tertiary/aromatic N) is 1. The maximum absolute atomic E-state index is 13.8. The lowest BCUT2D eigenvalue weighted by atomic mass is 10.1. The number of carbonyl (C=O) groups excluding carboxylic acids is 1. The first-order chi connectivity index (χ1) is 12.3. The Kier molecular flexibility index (Phi) is 4.78. The number of fused-ring (bicyclic) bond motifs is 1. The Morgan fingerprint density at radius 1 is 1.15 bits per heavy atom. The number of carboxylic acid groups (broad SMARTS) is 1. The van der Waals surface area contributed by atoms with Crippen molar-refractivity contribution in [2.75, 3.05) is 0 Å². The summed E-state index contributed by atoms with van der Waals surface area (Å²) in [6.07, 6.45) is -3.60. The van der Waals surface area contributed by atoms with Gasteiger partial charge in [-0.05, 0) is 48.9 Å². The zero-order chi connectivity index (χ0) is 19.0. The highest BCUT2D eigenvalue weighted by Crippen LogP contribution is 2.34. The van der Waals surface area contributed by atoms with Crippen LogP contribution in [-0.4, -0.2) is 21.6 Å². The third-order valence-corrected chi connectivity index (χ3v) is 4.35. The van der Waals surface area contributed by atoms with Gasteiger partial charge in [0, 0.05) is 16.0 Å². The average molecular weight is 378 g/mol. The Hall–Kier alpha value is -2.73. The van der Waals surface area contributed by atoms with Gasteiger partial charge in [-0.25, -0.2) is 8.78 Å². The van der Waals surface area contributed by atoms with Crippen LogP contribution in [0.1, 0.15) is 33.6 Å². The van der Waals surface area contributed by atoms with Gasteiger partial charge in [-0.2, -0.15) is 0 Å². The maximum Gasteiger partial charge on any atom is 0.307 e. The fourth-order valence-electron chi connectivity index (χ4n) is 3.00. The molecule has 3 aromatic rings. The number of alkyl halides is 2. The zero-order valence-corrected chi connectivity index (χ0v) is 14.4. The Balaban J connectivity index is 2.32. The molecule has 0 radical (unpaired) electrons. The molecule has 0 fully saturated rings. The van der Waals surface area contributed by atoms with Crippen molar-refractivity contribution in [3.8, 4) is 0 Å². The molecule has 0 aliphatic carbocycles. The molecule has 0 aliphatic heterocycles. The highest BCUT2D eigenvalue weighted by atomic mass is 35.5. The molecule has 0 atom stereocenters. The molecule has 7 heteroatoms. The van der Waals surface area contributed by atoms with Gasteiger partial charge in [-0.3, -0.25) is 14.2 Å². The quantitative estimate of drug-likeness (QED) is 0.706. The number of carboxylic acids is 1. The summed E-state index contributed by atoms with van der Waals surface area (Å²) in [7, 11) is 0. The van der Waals surface area contributed by atoms with Crippen molar-refractivity contribution < 1.29 is 23.5 Å². The molecule has 1 heterocycles. The monoisotopic (exact) mass is 377 g/mol. The minimum absolute atomic E-state index is 0.0477. The molecule has 134 valence electrons. The lowest BCUT2D eigenvalue weighted by Gasteiger charge is -2.10. The molecule has 2 aromatic carbocycles. The second kappa shape index (κ2) is 6.88.